The zero-order valence-corrected chi connectivity index (χ0v) is 15.4. The van der Waals surface area contributed by atoms with Gasteiger partial charge in [-0.05, 0) is 25.5 Å². The maximum atomic E-state index is 12.7. The normalized spacial score (nSPS) is 24.5. The molecule has 4 heterocycles. The van der Waals surface area contributed by atoms with Crippen LogP contribution in [0, 0.1) is 0 Å². The number of amides is 1. The molecule has 2 aromatic rings. The highest BCUT2D eigenvalue weighted by Gasteiger charge is 2.29. The number of aromatic nitrogens is 2. The van der Waals surface area contributed by atoms with Crippen molar-refractivity contribution < 1.29 is 9.90 Å². The first-order chi connectivity index (χ1) is 12.6. The monoisotopic (exact) mass is 373 g/mol. The lowest BCUT2D eigenvalue weighted by Crippen LogP contribution is -2.46. The lowest BCUT2D eigenvalue weighted by molar-refractivity contribution is -0.117. The van der Waals surface area contributed by atoms with Crippen LogP contribution >= 0.6 is 11.8 Å². The second kappa shape index (κ2) is 7.30. The zero-order chi connectivity index (χ0) is 18.1. The molecule has 0 radical (unpaired) electrons. The van der Waals surface area contributed by atoms with E-state index in [-0.39, 0.29) is 24.1 Å². The Balaban J connectivity index is 1.49. The van der Waals surface area contributed by atoms with Crippen molar-refractivity contribution in [2.24, 2.45) is 0 Å². The number of aromatic amines is 1. The van der Waals surface area contributed by atoms with Crippen molar-refractivity contribution in [1.29, 1.82) is 0 Å². The number of carbonyl (C=O) groups excluding carboxylic acids is 1. The summed E-state index contributed by atoms with van der Waals surface area (Å²) >= 11 is 1.58. The molecule has 1 fully saturated rings. The summed E-state index contributed by atoms with van der Waals surface area (Å²) in [6, 6.07) is 4.06. The molecule has 1 amide bonds. The van der Waals surface area contributed by atoms with Gasteiger partial charge in [-0.2, -0.15) is 0 Å². The first kappa shape index (κ1) is 17.4. The van der Waals surface area contributed by atoms with E-state index in [9.17, 15) is 9.90 Å². The summed E-state index contributed by atoms with van der Waals surface area (Å²) in [5.41, 5.74) is 1.90. The minimum absolute atomic E-state index is 0.0335. The highest BCUT2D eigenvalue weighted by Crippen LogP contribution is 2.30. The van der Waals surface area contributed by atoms with E-state index in [4.69, 9.17) is 0 Å². The molecule has 2 aliphatic rings. The number of anilines is 1. The van der Waals surface area contributed by atoms with Gasteiger partial charge in [-0.1, -0.05) is 0 Å². The SMILES string of the molecule is CC(NC(=O)C1=CN(c2ccnc3[nH]ccc23)CCS1)[C@H]1C[C@@H](O)CN1. The topological polar surface area (TPSA) is 93.3 Å². The van der Waals surface area contributed by atoms with Crippen LogP contribution in [-0.2, 0) is 4.79 Å². The number of nitrogens with one attached hydrogen (secondary N) is 3. The molecule has 0 aliphatic carbocycles. The van der Waals surface area contributed by atoms with Crippen LogP contribution in [0.1, 0.15) is 13.3 Å². The van der Waals surface area contributed by atoms with Gasteiger partial charge in [-0.15, -0.1) is 11.8 Å². The summed E-state index contributed by atoms with van der Waals surface area (Å²) in [6.45, 7) is 3.41. The molecule has 2 aliphatic heterocycles. The predicted molar refractivity (Wildman–Crippen MR) is 104 cm³/mol. The number of carbonyl (C=O) groups is 1. The van der Waals surface area contributed by atoms with Gasteiger partial charge < -0.3 is 25.6 Å². The second-order valence-corrected chi connectivity index (χ2v) is 7.91. The Morgan fingerprint density at radius 3 is 3.19 bits per heavy atom. The third-order valence-corrected chi connectivity index (χ3v) is 5.93. The average molecular weight is 373 g/mol. The number of aliphatic hydroxyl groups is 1. The lowest BCUT2D eigenvalue weighted by Gasteiger charge is -2.28. The molecule has 0 spiro atoms. The summed E-state index contributed by atoms with van der Waals surface area (Å²) in [5, 5.41) is 17.0. The van der Waals surface area contributed by atoms with Crippen LogP contribution in [0.25, 0.3) is 11.0 Å². The van der Waals surface area contributed by atoms with Crippen molar-refractivity contribution in [2.45, 2.75) is 31.5 Å². The van der Waals surface area contributed by atoms with Gasteiger partial charge >= 0.3 is 0 Å². The minimum Gasteiger partial charge on any atom is -0.392 e. The van der Waals surface area contributed by atoms with Crippen LogP contribution in [0.4, 0.5) is 5.69 Å². The quantitative estimate of drug-likeness (QED) is 0.643. The summed E-state index contributed by atoms with van der Waals surface area (Å²) < 4.78 is 0. The van der Waals surface area contributed by atoms with Gasteiger partial charge in [0.2, 0.25) is 0 Å². The Hall–Kier alpha value is -2.03. The van der Waals surface area contributed by atoms with E-state index in [1.54, 1.807) is 18.0 Å². The maximum Gasteiger partial charge on any atom is 0.259 e. The molecule has 0 bridgehead atoms. The van der Waals surface area contributed by atoms with Crippen molar-refractivity contribution in [3.05, 3.63) is 35.6 Å². The van der Waals surface area contributed by atoms with Crippen molar-refractivity contribution in [3.63, 3.8) is 0 Å². The number of β-amino-alcohol motifs (C(OH)–C–C–N with tert-alkyl or cyclic N) is 1. The third kappa shape index (κ3) is 3.44. The smallest absolute Gasteiger partial charge is 0.259 e. The van der Waals surface area contributed by atoms with Crippen LogP contribution in [0.15, 0.2) is 35.6 Å². The fourth-order valence-corrected chi connectivity index (χ4v) is 4.41. The van der Waals surface area contributed by atoms with Crippen molar-refractivity contribution in [3.8, 4) is 0 Å². The Morgan fingerprint density at radius 1 is 1.50 bits per heavy atom. The van der Waals surface area contributed by atoms with E-state index < -0.39 is 0 Å². The van der Waals surface area contributed by atoms with Crippen molar-refractivity contribution in [1.82, 2.24) is 20.6 Å². The molecule has 2 aromatic heterocycles. The van der Waals surface area contributed by atoms with Gasteiger partial charge in [0.1, 0.15) is 5.65 Å². The number of pyridine rings is 1. The van der Waals surface area contributed by atoms with E-state index in [1.165, 1.54) is 0 Å². The molecule has 7 nitrogen and oxygen atoms in total. The summed E-state index contributed by atoms with van der Waals surface area (Å²) in [4.78, 5) is 23.0. The molecule has 138 valence electrons. The highest BCUT2D eigenvalue weighted by atomic mass is 32.2. The van der Waals surface area contributed by atoms with Crippen molar-refractivity contribution >= 4 is 34.4 Å². The summed E-state index contributed by atoms with van der Waals surface area (Å²) in [7, 11) is 0. The molecule has 1 unspecified atom stereocenters. The fourth-order valence-electron chi connectivity index (χ4n) is 3.51. The number of rotatable bonds is 4. The Bertz CT molecular complexity index is 836. The average Bonchev–Trinajstić information content (AvgIpc) is 3.30. The second-order valence-electron chi connectivity index (χ2n) is 6.77. The number of nitrogens with zero attached hydrogens (tertiary/aromatic N) is 2. The number of H-pyrrole nitrogens is 1. The van der Waals surface area contributed by atoms with E-state index in [0.717, 1.165) is 29.0 Å². The van der Waals surface area contributed by atoms with Crippen LogP contribution in [0.3, 0.4) is 0 Å². The van der Waals surface area contributed by atoms with Crippen LogP contribution in [0.5, 0.6) is 0 Å². The molecule has 8 heteroatoms. The molecule has 0 saturated carbocycles. The molecular weight excluding hydrogens is 350 g/mol. The van der Waals surface area contributed by atoms with E-state index >= 15 is 0 Å². The Kier molecular flexibility index (Phi) is 4.88. The van der Waals surface area contributed by atoms with Gasteiger partial charge in [0, 0.05) is 54.9 Å². The third-order valence-electron chi connectivity index (χ3n) is 4.94. The fraction of sp³-hybridized carbons (Fsp3) is 0.444. The first-order valence-corrected chi connectivity index (χ1v) is 9.86. The number of thioether (sulfide) groups is 1. The number of fused-ring (bicyclic) bond motifs is 1. The van der Waals surface area contributed by atoms with E-state index in [0.29, 0.717) is 17.9 Å². The van der Waals surface area contributed by atoms with Gasteiger partial charge in [-0.25, -0.2) is 4.98 Å². The zero-order valence-electron chi connectivity index (χ0n) is 14.6. The summed E-state index contributed by atoms with van der Waals surface area (Å²) in [5.74, 6) is 0.789. The van der Waals surface area contributed by atoms with Gasteiger partial charge in [0.15, 0.2) is 0 Å². The lowest BCUT2D eigenvalue weighted by atomic mass is 10.1. The van der Waals surface area contributed by atoms with E-state index in [2.05, 4.69) is 25.5 Å². The largest absolute Gasteiger partial charge is 0.392 e. The molecule has 26 heavy (non-hydrogen) atoms. The predicted octanol–water partition coefficient (Wildman–Crippen LogP) is 1.18. The van der Waals surface area contributed by atoms with Gasteiger partial charge in [-0.3, -0.25) is 4.79 Å². The molecule has 0 aromatic carbocycles. The van der Waals surface area contributed by atoms with E-state index in [1.807, 2.05) is 31.5 Å². The molecule has 4 rings (SSSR count). The molecule has 3 atom stereocenters. The molecule has 4 N–H and O–H groups in total. The van der Waals surface area contributed by atoms with Gasteiger partial charge in [0.25, 0.3) is 5.91 Å². The number of aliphatic hydroxyl groups excluding tert-OH is 1. The standard InChI is InChI=1S/C18H23N5O2S/c1-11(14-8-12(24)9-21-14)22-18(25)16-10-23(6-7-26-16)15-3-5-20-17-13(15)2-4-19-17/h2-5,10-12,14,21,24H,6-9H2,1H3,(H,19,20)(H,22,25)/t11?,12-,14-/m1/s1. The Morgan fingerprint density at radius 2 is 2.38 bits per heavy atom. The van der Waals surface area contributed by atoms with Crippen LogP contribution in [-0.4, -0.2) is 58.0 Å². The number of hydrogen-bond acceptors (Lipinski definition) is 6. The highest BCUT2D eigenvalue weighted by molar-refractivity contribution is 8.04. The maximum absolute atomic E-state index is 12.7. The Labute approximate surface area is 156 Å². The molecule has 1 saturated heterocycles. The minimum atomic E-state index is -0.325. The van der Waals surface area contributed by atoms with Crippen LogP contribution in [0.2, 0.25) is 0 Å². The summed E-state index contributed by atoms with van der Waals surface area (Å²) in [6.07, 6.45) is 5.93. The van der Waals surface area contributed by atoms with Crippen molar-refractivity contribution in [2.75, 3.05) is 23.7 Å². The molecular formula is C18H23N5O2S. The first-order valence-electron chi connectivity index (χ1n) is 8.87. The van der Waals surface area contributed by atoms with Crippen LogP contribution < -0.4 is 15.5 Å². The van der Waals surface area contributed by atoms with Gasteiger partial charge in [0.05, 0.1) is 16.7 Å². The number of hydrogen-bond donors (Lipinski definition) is 4.